The maximum atomic E-state index is 5.76. The fourth-order valence-electron chi connectivity index (χ4n) is 2.12. The maximum absolute atomic E-state index is 5.76. The number of hydrogen-bond acceptors (Lipinski definition) is 5. The van der Waals surface area contributed by atoms with E-state index in [0.717, 1.165) is 26.0 Å². The summed E-state index contributed by atoms with van der Waals surface area (Å²) < 4.78 is 5.63. The normalized spacial score (nSPS) is 23.9. The number of hydrogen-bond donors (Lipinski definition) is 2. The fraction of sp³-hybridized carbons (Fsp3) is 0.636. The van der Waals surface area contributed by atoms with Crippen molar-refractivity contribution in [1.82, 2.24) is 9.97 Å². The second-order valence-electron chi connectivity index (χ2n) is 4.19. The van der Waals surface area contributed by atoms with Gasteiger partial charge in [0.15, 0.2) is 5.82 Å². The quantitative estimate of drug-likeness (QED) is 0.806. The molecule has 1 aromatic heterocycles. The van der Waals surface area contributed by atoms with Crippen LogP contribution < -0.4 is 11.1 Å². The van der Waals surface area contributed by atoms with Gasteiger partial charge in [0.05, 0.1) is 18.0 Å². The number of aromatic nitrogens is 2. The molecule has 2 rings (SSSR count). The van der Waals surface area contributed by atoms with Gasteiger partial charge in [-0.15, -0.1) is 0 Å². The highest BCUT2D eigenvalue weighted by molar-refractivity contribution is 6.28. The summed E-state index contributed by atoms with van der Waals surface area (Å²) in [5, 5.41) is 3.42. The first kappa shape index (κ1) is 12.4. The molecule has 0 amide bonds. The van der Waals surface area contributed by atoms with Gasteiger partial charge in [-0.1, -0.05) is 6.92 Å². The number of nitrogens with two attached hydrogens (primary N) is 1. The van der Waals surface area contributed by atoms with E-state index in [1.54, 1.807) is 0 Å². The van der Waals surface area contributed by atoms with Crippen LogP contribution in [0.15, 0.2) is 6.20 Å². The number of nitrogens with one attached hydrogen (secondary N) is 1. The summed E-state index contributed by atoms with van der Waals surface area (Å²) in [5.41, 5.74) is 6.28. The first-order valence-electron chi connectivity index (χ1n) is 5.84. The van der Waals surface area contributed by atoms with Crippen molar-refractivity contribution < 1.29 is 4.74 Å². The van der Waals surface area contributed by atoms with Crippen molar-refractivity contribution in [3.8, 4) is 0 Å². The van der Waals surface area contributed by atoms with Gasteiger partial charge in [0, 0.05) is 19.1 Å². The zero-order chi connectivity index (χ0) is 12.3. The maximum Gasteiger partial charge on any atom is 0.224 e. The largest absolute Gasteiger partial charge is 0.394 e. The molecule has 17 heavy (non-hydrogen) atoms. The first-order valence-corrected chi connectivity index (χ1v) is 6.22. The third-order valence-electron chi connectivity index (χ3n) is 3.07. The van der Waals surface area contributed by atoms with Crippen LogP contribution in [0.2, 0.25) is 5.28 Å². The summed E-state index contributed by atoms with van der Waals surface area (Å²) >= 11 is 5.73. The molecule has 1 fully saturated rings. The summed E-state index contributed by atoms with van der Waals surface area (Å²) in [6, 6.07) is 0. The molecule has 2 heterocycles. The van der Waals surface area contributed by atoms with Crippen LogP contribution in [0, 0.1) is 5.92 Å². The van der Waals surface area contributed by atoms with Crippen molar-refractivity contribution >= 4 is 23.1 Å². The lowest BCUT2D eigenvalue weighted by Gasteiger charge is -2.18. The summed E-state index contributed by atoms with van der Waals surface area (Å²) in [6.45, 7) is 3.78. The first-order chi connectivity index (χ1) is 8.20. The van der Waals surface area contributed by atoms with Crippen LogP contribution >= 0.6 is 11.6 Å². The molecule has 1 aliphatic heterocycles. The minimum Gasteiger partial charge on any atom is -0.394 e. The average Bonchev–Trinajstić information content (AvgIpc) is 2.77. The van der Waals surface area contributed by atoms with Crippen molar-refractivity contribution in [2.24, 2.45) is 5.92 Å². The number of halogens is 1. The van der Waals surface area contributed by atoms with Crippen LogP contribution in [-0.4, -0.2) is 29.2 Å². The molecule has 0 aromatic carbocycles. The third kappa shape index (κ3) is 2.98. The van der Waals surface area contributed by atoms with Crippen molar-refractivity contribution in [2.45, 2.75) is 25.9 Å². The van der Waals surface area contributed by atoms with E-state index in [-0.39, 0.29) is 5.28 Å². The van der Waals surface area contributed by atoms with Gasteiger partial charge in [0.1, 0.15) is 0 Å². The minimum atomic E-state index is 0.205. The highest BCUT2D eigenvalue weighted by Crippen LogP contribution is 2.24. The standard InChI is InChI=1S/C11H17ClN4O/c1-2-9-7(3-4-17-9)5-14-10-8(13)6-15-11(12)16-10/h6-7,9H,2-5,13H2,1H3,(H,14,15,16). The molecule has 3 N–H and O–H groups in total. The molecule has 0 saturated carbocycles. The number of nitrogen functional groups attached to an aromatic ring is 1. The molecule has 6 heteroatoms. The number of nitrogens with zero attached hydrogens (tertiary/aromatic N) is 2. The van der Waals surface area contributed by atoms with Gasteiger partial charge in [0.2, 0.25) is 5.28 Å². The van der Waals surface area contributed by atoms with E-state index < -0.39 is 0 Å². The molecule has 2 atom stereocenters. The van der Waals surface area contributed by atoms with Crippen LogP contribution in [0.4, 0.5) is 11.5 Å². The van der Waals surface area contributed by atoms with E-state index in [2.05, 4.69) is 22.2 Å². The molecule has 2 unspecified atom stereocenters. The Bertz CT molecular complexity index is 388. The van der Waals surface area contributed by atoms with Gasteiger partial charge in [0.25, 0.3) is 0 Å². The Balaban J connectivity index is 1.95. The third-order valence-corrected chi connectivity index (χ3v) is 3.25. The highest BCUT2D eigenvalue weighted by Gasteiger charge is 2.26. The van der Waals surface area contributed by atoms with Gasteiger partial charge in [-0.25, -0.2) is 4.98 Å². The van der Waals surface area contributed by atoms with E-state index in [0.29, 0.717) is 23.5 Å². The van der Waals surface area contributed by atoms with Crippen LogP contribution in [0.1, 0.15) is 19.8 Å². The molecule has 0 bridgehead atoms. The molecule has 1 aliphatic rings. The van der Waals surface area contributed by atoms with Crippen molar-refractivity contribution in [3.05, 3.63) is 11.5 Å². The van der Waals surface area contributed by atoms with E-state index in [1.807, 2.05) is 0 Å². The van der Waals surface area contributed by atoms with Crippen LogP contribution in [0.3, 0.4) is 0 Å². The summed E-state index contributed by atoms with van der Waals surface area (Å²) in [7, 11) is 0. The minimum absolute atomic E-state index is 0.205. The van der Waals surface area contributed by atoms with Crippen LogP contribution in [0.5, 0.6) is 0 Å². The number of rotatable bonds is 4. The summed E-state index contributed by atoms with van der Waals surface area (Å²) in [5.74, 6) is 1.11. The monoisotopic (exact) mass is 256 g/mol. The Labute approximate surface area is 106 Å². The molecular weight excluding hydrogens is 240 g/mol. The molecule has 94 valence electrons. The zero-order valence-electron chi connectivity index (χ0n) is 9.82. The lowest BCUT2D eigenvalue weighted by molar-refractivity contribution is 0.0900. The zero-order valence-corrected chi connectivity index (χ0v) is 10.6. The van der Waals surface area contributed by atoms with Gasteiger partial charge in [-0.3, -0.25) is 0 Å². The SMILES string of the molecule is CCC1OCCC1CNc1nc(Cl)ncc1N. The Morgan fingerprint density at radius 3 is 3.24 bits per heavy atom. The van der Waals surface area contributed by atoms with Crippen molar-refractivity contribution in [3.63, 3.8) is 0 Å². The summed E-state index contributed by atoms with van der Waals surface area (Å²) in [6.07, 6.45) is 3.96. The Morgan fingerprint density at radius 2 is 2.47 bits per heavy atom. The number of anilines is 2. The van der Waals surface area contributed by atoms with Crippen LogP contribution in [-0.2, 0) is 4.74 Å². The van der Waals surface area contributed by atoms with E-state index in [4.69, 9.17) is 22.1 Å². The molecule has 1 saturated heterocycles. The van der Waals surface area contributed by atoms with Crippen LogP contribution in [0.25, 0.3) is 0 Å². The molecule has 1 aromatic rings. The fourth-order valence-corrected chi connectivity index (χ4v) is 2.25. The van der Waals surface area contributed by atoms with Gasteiger partial charge in [-0.2, -0.15) is 4.98 Å². The lowest BCUT2D eigenvalue weighted by Crippen LogP contribution is -2.23. The second-order valence-corrected chi connectivity index (χ2v) is 4.53. The topological polar surface area (TPSA) is 73.1 Å². The van der Waals surface area contributed by atoms with Gasteiger partial charge >= 0.3 is 0 Å². The number of ether oxygens (including phenoxy) is 1. The predicted octanol–water partition coefficient (Wildman–Crippen LogP) is 1.94. The van der Waals surface area contributed by atoms with Gasteiger partial charge in [-0.05, 0) is 24.4 Å². The van der Waals surface area contributed by atoms with E-state index >= 15 is 0 Å². The van der Waals surface area contributed by atoms with Gasteiger partial charge < -0.3 is 15.8 Å². The Morgan fingerprint density at radius 1 is 1.65 bits per heavy atom. The Hall–Kier alpha value is -1.07. The smallest absolute Gasteiger partial charge is 0.224 e. The molecule has 0 aliphatic carbocycles. The molecule has 5 nitrogen and oxygen atoms in total. The highest BCUT2D eigenvalue weighted by atomic mass is 35.5. The van der Waals surface area contributed by atoms with E-state index in [9.17, 15) is 0 Å². The van der Waals surface area contributed by atoms with Crippen molar-refractivity contribution in [1.29, 1.82) is 0 Å². The lowest BCUT2D eigenvalue weighted by atomic mass is 10.00. The molecule has 0 radical (unpaired) electrons. The molecule has 0 spiro atoms. The molecular formula is C11H17ClN4O. The average molecular weight is 257 g/mol. The Kier molecular flexibility index (Phi) is 4.02. The van der Waals surface area contributed by atoms with E-state index in [1.165, 1.54) is 6.20 Å². The predicted molar refractivity (Wildman–Crippen MR) is 68.1 cm³/mol. The van der Waals surface area contributed by atoms with Crippen molar-refractivity contribution in [2.75, 3.05) is 24.2 Å². The summed E-state index contributed by atoms with van der Waals surface area (Å²) in [4.78, 5) is 7.88. The second kappa shape index (κ2) is 5.51.